The number of nitrogens with zero attached hydrogens (tertiary/aromatic N) is 3. The Hall–Kier alpha value is -2.41. The molecule has 2 heterocycles. The van der Waals surface area contributed by atoms with Crippen LogP contribution in [-0.4, -0.2) is 9.97 Å². The van der Waals surface area contributed by atoms with Crippen LogP contribution in [0.3, 0.4) is 0 Å². The van der Waals surface area contributed by atoms with Gasteiger partial charge in [0.05, 0.1) is 5.69 Å². The van der Waals surface area contributed by atoms with Crippen molar-refractivity contribution >= 4 is 0 Å². The van der Waals surface area contributed by atoms with Gasteiger partial charge in [0.25, 0.3) is 0 Å². The topological polar surface area (TPSA) is 58.8 Å². The highest BCUT2D eigenvalue weighted by Gasteiger charge is 2.18. The van der Waals surface area contributed by atoms with E-state index in [1.165, 1.54) is 5.56 Å². The predicted octanol–water partition coefficient (Wildman–Crippen LogP) is 2.94. The molecule has 0 unspecified atom stereocenters. The maximum Gasteiger partial charge on any atom is 0.237 e. The van der Waals surface area contributed by atoms with Crippen LogP contribution in [0, 0.1) is 18.3 Å². The summed E-state index contributed by atoms with van der Waals surface area (Å²) in [6.07, 6.45) is 4.78. The van der Waals surface area contributed by atoms with Crippen LogP contribution in [0.1, 0.15) is 28.9 Å². The summed E-state index contributed by atoms with van der Waals surface area (Å²) in [5.41, 5.74) is 3.50. The van der Waals surface area contributed by atoms with Crippen LogP contribution in [0.2, 0.25) is 0 Å². The molecule has 0 fully saturated rings. The smallest absolute Gasteiger partial charge is 0.237 e. The van der Waals surface area contributed by atoms with E-state index in [0.29, 0.717) is 17.2 Å². The second-order valence-corrected chi connectivity index (χ2v) is 4.60. The fourth-order valence-electron chi connectivity index (χ4n) is 2.29. The molecule has 2 aromatic rings. The lowest BCUT2D eigenvalue weighted by molar-refractivity contribution is 0.453. The zero-order valence-electron chi connectivity index (χ0n) is 10.7. The molecule has 94 valence electrons. The molecular formula is C15H13N3O. The fourth-order valence-corrected chi connectivity index (χ4v) is 2.29. The van der Waals surface area contributed by atoms with Crippen LogP contribution in [0.15, 0.2) is 24.4 Å². The van der Waals surface area contributed by atoms with Gasteiger partial charge < -0.3 is 4.74 Å². The third-order valence-electron chi connectivity index (χ3n) is 3.30. The van der Waals surface area contributed by atoms with Gasteiger partial charge in [-0.15, -0.1) is 0 Å². The Morgan fingerprint density at radius 3 is 3.05 bits per heavy atom. The van der Waals surface area contributed by atoms with Crippen LogP contribution >= 0.6 is 0 Å². The van der Waals surface area contributed by atoms with E-state index in [1.807, 2.05) is 25.1 Å². The van der Waals surface area contributed by atoms with E-state index < -0.39 is 0 Å². The van der Waals surface area contributed by atoms with Crippen molar-refractivity contribution in [2.75, 3.05) is 0 Å². The quantitative estimate of drug-likeness (QED) is 0.823. The molecule has 0 bridgehead atoms. The molecule has 0 saturated heterocycles. The maximum absolute atomic E-state index is 9.21. The number of nitriles is 1. The van der Waals surface area contributed by atoms with E-state index in [-0.39, 0.29) is 0 Å². The molecule has 0 radical (unpaired) electrons. The van der Waals surface area contributed by atoms with Crippen molar-refractivity contribution in [2.45, 2.75) is 26.2 Å². The van der Waals surface area contributed by atoms with E-state index >= 15 is 0 Å². The van der Waals surface area contributed by atoms with Crippen molar-refractivity contribution < 1.29 is 4.74 Å². The lowest BCUT2D eigenvalue weighted by Crippen LogP contribution is -1.98. The lowest BCUT2D eigenvalue weighted by atomic mass is 10.1. The normalized spacial score (nSPS) is 12.8. The minimum atomic E-state index is 0.388. The van der Waals surface area contributed by atoms with Crippen LogP contribution in [0.4, 0.5) is 0 Å². The summed E-state index contributed by atoms with van der Waals surface area (Å²) < 4.78 is 5.76. The summed E-state index contributed by atoms with van der Waals surface area (Å²) in [6.45, 7) is 1.87. The number of hydrogen-bond acceptors (Lipinski definition) is 4. The molecule has 1 aliphatic carbocycles. The van der Waals surface area contributed by atoms with E-state index in [1.54, 1.807) is 6.20 Å². The highest BCUT2D eigenvalue weighted by atomic mass is 16.5. The van der Waals surface area contributed by atoms with Gasteiger partial charge in [0.2, 0.25) is 5.88 Å². The summed E-state index contributed by atoms with van der Waals surface area (Å²) in [6, 6.07) is 7.70. The summed E-state index contributed by atoms with van der Waals surface area (Å²) in [4.78, 5) is 8.66. The number of pyridine rings is 2. The van der Waals surface area contributed by atoms with Crippen molar-refractivity contribution in [3.63, 3.8) is 0 Å². The Labute approximate surface area is 111 Å². The van der Waals surface area contributed by atoms with Crippen molar-refractivity contribution in [2.24, 2.45) is 0 Å². The number of hydrogen-bond donors (Lipinski definition) is 0. The molecule has 19 heavy (non-hydrogen) atoms. The van der Waals surface area contributed by atoms with Gasteiger partial charge in [-0.05, 0) is 49.9 Å². The molecule has 0 saturated carbocycles. The van der Waals surface area contributed by atoms with Crippen LogP contribution < -0.4 is 4.74 Å². The molecule has 0 aliphatic heterocycles. The van der Waals surface area contributed by atoms with E-state index in [0.717, 1.165) is 30.7 Å². The molecule has 4 heteroatoms. The van der Waals surface area contributed by atoms with Crippen molar-refractivity contribution in [1.82, 2.24) is 9.97 Å². The molecular weight excluding hydrogens is 238 g/mol. The lowest BCUT2D eigenvalue weighted by Gasteiger charge is -2.09. The Kier molecular flexibility index (Phi) is 2.88. The Bertz CT molecular complexity index is 674. The van der Waals surface area contributed by atoms with Crippen LogP contribution in [-0.2, 0) is 12.8 Å². The Balaban J connectivity index is 2.02. The average Bonchev–Trinajstić information content (AvgIpc) is 2.87. The molecule has 0 aromatic carbocycles. The molecule has 2 aromatic heterocycles. The van der Waals surface area contributed by atoms with Gasteiger partial charge in [-0.1, -0.05) is 0 Å². The van der Waals surface area contributed by atoms with Gasteiger partial charge in [-0.25, -0.2) is 4.98 Å². The summed E-state index contributed by atoms with van der Waals surface area (Å²) in [5.74, 6) is 1.03. The Morgan fingerprint density at radius 2 is 2.26 bits per heavy atom. The maximum atomic E-state index is 9.21. The Morgan fingerprint density at radius 1 is 1.37 bits per heavy atom. The third kappa shape index (κ3) is 2.15. The number of rotatable bonds is 2. The molecule has 0 amide bonds. The fraction of sp³-hybridized carbons (Fsp3) is 0.267. The molecule has 1 aliphatic rings. The van der Waals surface area contributed by atoms with Gasteiger partial charge in [-0.3, -0.25) is 4.98 Å². The van der Waals surface area contributed by atoms with Crippen molar-refractivity contribution in [3.05, 3.63) is 46.9 Å². The predicted molar refractivity (Wildman–Crippen MR) is 70.0 cm³/mol. The molecule has 0 N–H and O–H groups in total. The zero-order valence-corrected chi connectivity index (χ0v) is 10.7. The van der Waals surface area contributed by atoms with E-state index in [2.05, 4.69) is 16.0 Å². The highest BCUT2D eigenvalue weighted by Crippen LogP contribution is 2.29. The first-order valence-corrected chi connectivity index (χ1v) is 6.30. The second kappa shape index (κ2) is 4.69. The minimum Gasteiger partial charge on any atom is -0.436 e. The first kappa shape index (κ1) is 11.7. The third-order valence-corrected chi connectivity index (χ3v) is 3.30. The largest absolute Gasteiger partial charge is 0.436 e. The summed E-state index contributed by atoms with van der Waals surface area (Å²) in [7, 11) is 0. The van der Waals surface area contributed by atoms with Gasteiger partial charge in [0.15, 0.2) is 5.75 Å². The second-order valence-electron chi connectivity index (χ2n) is 4.60. The summed E-state index contributed by atoms with van der Waals surface area (Å²) >= 11 is 0. The monoisotopic (exact) mass is 251 g/mol. The molecule has 4 nitrogen and oxygen atoms in total. The molecule has 3 rings (SSSR count). The van der Waals surface area contributed by atoms with E-state index in [4.69, 9.17) is 4.74 Å². The number of aryl methyl sites for hydroxylation is 3. The standard InChI is InChI=1S/C15H13N3O/c1-10-14(6-3-7-17-10)19-15-12(9-16)8-11-4-2-5-13(11)18-15/h3,6-8H,2,4-5H2,1H3. The van der Waals surface area contributed by atoms with E-state index in [9.17, 15) is 5.26 Å². The molecule has 0 spiro atoms. The number of ether oxygens (including phenoxy) is 1. The minimum absolute atomic E-state index is 0.388. The first-order valence-electron chi connectivity index (χ1n) is 6.30. The highest BCUT2D eigenvalue weighted by molar-refractivity contribution is 5.46. The number of aromatic nitrogens is 2. The van der Waals surface area contributed by atoms with Crippen molar-refractivity contribution in [3.8, 4) is 17.7 Å². The van der Waals surface area contributed by atoms with Crippen LogP contribution in [0.25, 0.3) is 0 Å². The zero-order chi connectivity index (χ0) is 13.2. The van der Waals surface area contributed by atoms with Gasteiger partial charge in [-0.2, -0.15) is 5.26 Å². The van der Waals surface area contributed by atoms with Crippen molar-refractivity contribution in [1.29, 1.82) is 5.26 Å². The number of fused-ring (bicyclic) bond motifs is 1. The summed E-state index contributed by atoms with van der Waals surface area (Å²) in [5, 5.41) is 9.21. The average molecular weight is 251 g/mol. The van der Waals surface area contributed by atoms with Gasteiger partial charge >= 0.3 is 0 Å². The van der Waals surface area contributed by atoms with Gasteiger partial charge in [0.1, 0.15) is 11.6 Å². The van der Waals surface area contributed by atoms with Gasteiger partial charge in [0, 0.05) is 11.9 Å². The SMILES string of the molecule is Cc1ncccc1Oc1nc2c(cc1C#N)CCC2. The first-order chi connectivity index (χ1) is 9.28. The molecule has 0 atom stereocenters. The van der Waals surface area contributed by atoms with Crippen LogP contribution in [0.5, 0.6) is 11.6 Å².